The number of hydrogen-bond acceptors (Lipinski definition) is 5. The number of carbonyl (C=O) groups is 3. The minimum Gasteiger partial charge on any atom is -0.481 e. The number of aliphatic hydroxyl groups is 1. The van der Waals surface area contributed by atoms with Crippen LogP contribution in [0.2, 0.25) is 0 Å². The molecule has 0 radical (unpaired) electrons. The average molecular weight is 657 g/mol. The standard InChI is InChI=1S/C39H64N2O6/c1-25(2)10-9-11-26(3)31-15-16-32-29-14-13-27-22-28(17-19-38(27,4)33(29)18-20-39(31,32)5)47-37(46)40-21-8-6-7-12-35(43)41-23-30(36(44)45)34(42)24-41/h13,25-26,28-34,42H,6-12,14-24H2,1-5H3,(H,40,46)(H,44,45)/t26?,28-,29?,30?,31?,32?,33?,34?,38-,39+/m0/s1. The Labute approximate surface area is 283 Å². The van der Waals surface area contributed by atoms with Gasteiger partial charge in [0.15, 0.2) is 0 Å². The largest absolute Gasteiger partial charge is 0.481 e. The highest BCUT2D eigenvalue weighted by atomic mass is 16.6. The number of alkyl carbamates (subject to hydrolysis) is 1. The lowest BCUT2D eigenvalue weighted by molar-refractivity contribution is -0.143. The summed E-state index contributed by atoms with van der Waals surface area (Å²) in [4.78, 5) is 37.7. The highest BCUT2D eigenvalue weighted by molar-refractivity contribution is 5.79. The molecule has 0 bridgehead atoms. The van der Waals surface area contributed by atoms with Crippen molar-refractivity contribution in [1.82, 2.24) is 10.2 Å². The zero-order valence-electron chi connectivity index (χ0n) is 30.0. The number of carboxylic acids is 1. The summed E-state index contributed by atoms with van der Waals surface area (Å²) in [7, 11) is 0. The van der Waals surface area contributed by atoms with Gasteiger partial charge in [0.1, 0.15) is 12.0 Å². The monoisotopic (exact) mass is 656 g/mol. The number of hydrogen-bond donors (Lipinski definition) is 3. The van der Waals surface area contributed by atoms with E-state index >= 15 is 0 Å². The number of carbonyl (C=O) groups excluding carboxylic acids is 2. The van der Waals surface area contributed by atoms with Crippen molar-refractivity contribution in [2.75, 3.05) is 19.6 Å². The van der Waals surface area contributed by atoms with Crippen molar-refractivity contribution in [1.29, 1.82) is 0 Å². The molecule has 2 amide bonds. The van der Waals surface area contributed by atoms with Gasteiger partial charge in [-0.1, -0.05) is 72.0 Å². The second-order valence-corrected chi connectivity index (χ2v) is 17.1. The van der Waals surface area contributed by atoms with Crippen molar-refractivity contribution in [3.8, 4) is 0 Å². The lowest BCUT2D eigenvalue weighted by Gasteiger charge is -2.58. The minimum atomic E-state index is -1.07. The molecule has 1 heterocycles. The smallest absolute Gasteiger partial charge is 0.407 e. The van der Waals surface area contributed by atoms with E-state index in [0.29, 0.717) is 24.8 Å². The molecule has 3 N–H and O–H groups in total. The van der Waals surface area contributed by atoms with E-state index in [-0.39, 0.29) is 36.6 Å². The number of β-amino-alcohol motifs (C(OH)–C–C–N with tert-alkyl or cyclic N) is 1. The van der Waals surface area contributed by atoms with Gasteiger partial charge in [-0.15, -0.1) is 0 Å². The van der Waals surface area contributed by atoms with Crippen molar-refractivity contribution in [3.05, 3.63) is 11.6 Å². The lowest BCUT2D eigenvalue weighted by Crippen LogP contribution is -2.51. The van der Waals surface area contributed by atoms with Gasteiger partial charge in [-0.2, -0.15) is 0 Å². The Bertz CT molecular complexity index is 1150. The molecular formula is C39H64N2O6. The van der Waals surface area contributed by atoms with Crippen LogP contribution in [0.4, 0.5) is 4.79 Å². The van der Waals surface area contributed by atoms with E-state index in [4.69, 9.17) is 9.84 Å². The van der Waals surface area contributed by atoms with Crippen LogP contribution in [0, 0.1) is 52.3 Å². The summed E-state index contributed by atoms with van der Waals surface area (Å²) in [6.07, 6.45) is 17.4. The summed E-state index contributed by atoms with van der Waals surface area (Å²) in [5, 5.41) is 21.9. The molecule has 5 aliphatic rings. The zero-order valence-corrected chi connectivity index (χ0v) is 30.0. The van der Waals surface area contributed by atoms with Gasteiger partial charge in [-0.05, 0) is 104 Å². The van der Waals surface area contributed by atoms with E-state index in [0.717, 1.165) is 67.6 Å². The molecular weight excluding hydrogens is 592 g/mol. The van der Waals surface area contributed by atoms with Gasteiger partial charge >= 0.3 is 12.1 Å². The van der Waals surface area contributed by atoms with Crippen LogP contribution in [-0.2, 0) is 14.3 Å². The van der Waals surface area contributed by atoms with Crippen LogP contribution in [0.1, 0.15) is 131 Å². The molecule has 3 saturated carbocycles. The number of unbranched alkanes of at least 4 members (excludes halogenated alkanes) is 2. The third-order valence-corrected chi connectivity index (χ3v) is 13.8. The first-order valence-corrected chi connectivity index (χ1v) is 19.2. The predicted molar refractivity (Wildman–Crippen MR) is 183 cm³/mol. The molecule has 1 aliphatic heterocycles. The third kappa shape index (κ3) is 7.88. The van der Waals surface area contributed by atoms with Gasteiger partial charge in [0, 0.05) is 32.5 Å². The fourth-order valence-electron chi connectivity index (χ4n) is 11.1. The van der Waals surface area contributed by atoms with Crippen molar-refractivity contribution in [2.45, 2.75) is 143 Å². The van der Waals surface area contributed by atoms with E-state index in [2.05, 4.69) is 46.0 Å². The number of ether oxygens (including phenoxy) is 1. The molecule has 8 heteroatoms. The maximum absolute atomic E-state index is 12.7. The Morgan fingerprint density at radius 1 is 0.979 bits per heavy atom. The molecule has 1 saturated heterocycles. The molecule has 0 aromatic heterocycles. The van der Waals surface area contributed by atoms with Gasteiger partial charge in [-0.25, -0.2) is 4.79 Å². The third-order valence-electron chi connectivity index (χ3n) is 13.8. The van der Waals surface area contributed by atoms with Crippen LogP contribution in [0.3, 0.4) is 0 Å². The number of amides is 2. The lowest BCUT2D eigenvalue weighted by atomic mass is 9.47. The fraction of sp³-hybridized carbons (Fsp3) is 0.872. The highest BCUT2D eigenvalue weighted by Crippen LogP contribution is 2.67. The Kier molecular flexibility index (Phi) is 11.7. The summed E-state index contributed by atoms with van der Waals surface area (Å²) >= 11 is 0. The fourth-order valence-corrected chi connectivity index (χ4v) is 11.1. The second kappa shape index (κ2) is 15.2. The SMILES string of the molecule is CC(C)CCCC(C)C1CCC2C3CC=C4C[C@@H](OC(=O)NCCCCCC(=O)N5CC(O)C(C(=O)O)C5)CC[C@]4(C)C3CC[C@]12C. The molecule has 0 aromatic carbocycles. The van der Waals surface area contributed by atoms with Crippen LogP contribution in [0.5, 0.6) is 0 Å². The maximum atomic E-state index is 12.7. The molecule has 8 nitrogen and oxygen atoms in total. The molecule has 10 atom stereocenters. The summed E-state index contributed by atoms with van der Waals surface area (Å²) < 4.78 is 5.92. The quantitative estimate of drug-likeness (QED) is 0.139. The number of nitrogens with zero attached hydrogens (tertiary/aromatic N) is 1. The van der Waals surface area contributed by atoms with Crippen molar-refractivity contribution in [2.24, 2.45) is 52.3 Å². The van der Waals surface area contributed by atoms with E-state index in [9.17, 15) is 19.5 Å². The first-order chi connectivity index (χ1) is 22.3. The number of aliphatic carboxylic acids is 1. The second-order valence-electron chi connectivity index (χ2n) is 17.1. The van der Waals surface area contributed by atoms with Gasteiger partial charge in [0.25, 0.3) is 0 Å². The summed E-state index contributed by atoms with van der Waals surface area (Å²) in [5.74, 6) is 2.83. The van der Waals surface area contributed by atoms with Crippen LogP contribution >= 0.6 is 0 Å². The van der Waals surface area contributed by atoms with Gasteiger partial charge in [0.2, 0.25) is 5.91 Å². The average Bonchev–Trinajstić information content (AvgIpc) is 3.58. The number of carboxylic acid groups (broad SMARTS) is 1. The summed E-state index contributed by atoms with van der Waals surface area (Å²) in [6, 6.07) is 0. The number of likely N-dealkylation sites (tertiary alicyclic amines) is 1. The number of nitrogens with one attached hydrogen (secondary N) is 1. The van der Waals surface area contributed by atoms with Gasteiger partial charge < -0.3 is 25.2 Å². The molecule has 4 aliphatic carbocycles. The number of aliphatic hydroxyl groups excluding tert-OH is 1. The van der Waals surface area contributed by atoms with E-state index in [1.165, 1.54) is 61.8 Å². The Balaban J connectivity index is 1.03. The predicted octanol–water partition coefficient (Wildman–Crippen LogP) is 7.59. The molecule has 266 valence electrons. The van der Waals surface area contributed by atoms with Crippen LogP contribution in [-0.4, -0.2) is 64.9 Å². The first kappa shape index (κ1) is 36.2. The first-order valence-electron chi connectivity index (χ1n) is 19.2. The van der Waals surface area contributed by atoms with E-state index in [1.54, 1.807) is 0 Å². The van der Waals surface area contributed by atoms with E-state index in [1.807, 2.05) is 0 Å². The molecule has 5 rings (SSSR count). The highest BCUT2D eigenvalue weighted by Gasteiger charge is 2.59. The summed E-state index contributed by atoms with van der Waals surface area (Å²) in [6.45, 7) is 13.1. The molecule has 4 fully saturated rings. The van der Waals surface area contributed by atoms with Crippen LogP contribution in [0.25, 0.3) is 0 Å². The van der Waals surface area contributed by atoms with Crippen molar-refractivity contribution in [3.63, 3.8) is 0 Å². The molecule has 7 unspecified atom stereocenters. The number of allylic oxidation sites excluding steroid dienone is 1. The van der Waals surface area contributed by atoms with Crippen molar-refractivity contribution >= 4 is 18.0 Å². The molecule has 0 aromatic rings. The number of rotatable bonds is 13. The maximum Gasteiger partial charge on any atom is 0.407 e. The normalized spacial score (nSPS) is 37.0. The van der Waals surface area contributed by atoms with Crippen LogP contribution in [0.15, 0.2) is 11.6 Å². The number of fused-ring (bicyclic) bond motifs is 5. The Hall–Kier alpha value is -2.09. The Morgan fingerprint density at radius 2 is 1.77 bits per heavy atom. The zero-order chi connectivity index (χ0) is 33.9. The molecule has 0 spiro atoms. The van der Waals surface area contributed by atoms with Gasteiger partial charge in [-0.3, -0.25) is 9.59 Å². The topological polar surface area (TPSA) is 116 Å². The van der Waals surface area contributed by atoms with E-state index < -0.39 is 18.0 Å². The van der Waals surface area contributed by atoms with Gasteiger partial charge in [0.05, 0.1) is 6.10 Å². The Morgan fingerprint density at radius 3 is 2.49 bits per heavy atom. The minimum absolute atomic E-state index is 0.0645. The van der Waals surface area contributed by atoms with Crippen molar-refractivity contribution < 1.29 is 29.3 Å². The molecule has 47 heavy (non-hydrogen) atoms. The van der Waals surface area contributed by atoms with Crippen LogP contribution < -0.4 is 5.32 Å². The summed E-state index contributed by atoms with van der Waals surface area (Å²) in [5.41, 5.74) is 2.27.